The summed E-state index contributed by atoms with van der Waals surface area (Å²) in [6, 6.07) is 1.54. The van der Waals surface area contributed by atoms with E-state index in [0.29, 0.717) is 12.4 Å². The van der Waals surface area contributed by atoms with Gasteiger partial charge in [-0.25, -0.2) is 14.3 Å². The van der Waals surface area contributed by atoms with Crippen molar-refractivity contribution in [2.45, 2.75) is 13.5 Å². The number of esters is 1. The van der Waals surface area contributed by atoms with E-state index in [1.165, 1.54) is 24.9 Å². The van der Waals surface area contributed by atoms with Gasteiger partial charge in [-0.1, -0.05) is 0 Å². The predicted octanol–water partition coefficient (Wildman–Crippen LogP) is -0.333. The molecule has 112 valence electrons. The summed E-state index contributed by atoms with van der Waals surface area (Å²) in [5.41, 5.74) is -1.06. The summed E-state index contributed by atoms with van der Waals surface area (Å²) in [6.07, 6.45) is 1.46. The molecule has 0 unspecified atom stereocenters. The summed E-state index contributed by atoms with van der Waals surface area (Å²) in [7, 11) is 2.66. The van der Waals surface area contributed by atoms with Crippen molar-refractivity contribution >= 4 is 17.0 Å². The summed E-state index contributed by atoms with van der Waals surface area (Å²) in [5.74, 6) is -0.364. The van der Waals surface area contributed by atoms with Gasteiger partial charge in [0.05, 0.1) is 13.7 Å². The average Bonchev–Trinajstić information content (AvgIpc) is 2.49. The van der Waals surface area contributed by atoms with Crippen LogP contribution in [0.15, 0.2) is 21.9 Å². The van der Waals surface area contributed by atoms with Crippen molar-refractivity contribution in [3.05, 3.63) is 33.1 Å². The minimum Gasteiger partial charge on any atom is -0.493 e. The van der Waals surface area contributed by atoms with Crippen LogP contribution in [0.5, 0.6) is 5.75 Å². The summed E-state index contributed by atoms with van der Waals surface area (Å²) in [4.78, 5) is 40.0. The number of aromatic nitrogens is 3. The zero-order valence-corrected chi connectivity index (χ0v) is 12.0. The number of carbonyl (C=O) groups is 1. The molecule has 0 fully saturated rings. The van der Waals surface area contributed by atoms with E-state index in [9.17, 15) is 14.4 Å². The maximum atomic E-state index is 12.5. The molecule has 2 aromatic rings. The van der Waals surface area contributed by atoms with Crippen LogP contribution in [-0.4, -0.2) is 33.8 Å². The molecule has 0 aliphatic rings. The lowest BCUT2D eigenvalue weighted by Crippen LogP contribution is -2.41. The van der Waals surface area contributed by atoms with Gasteiger partial charge in [0.15, 0.2) is 5.65 Å². The first-order valence-electron chi connectivity index (χ1n) is 6.29. The Hall–Kier alpha value is -2.64. The molecule has 0 aliphatic carbocycles. The zero-order valence-electron chi connectivity index (χ0n) is 12.0. The molecule has 0 aromatic carbocycles. The molecule has 0 atom stereocenters. The van der Waals surface area contributed by atoms with Crippen LogP contribution in [0.3, 0.4) is 0 Å². The monoisotopic (exact) mass is 293 g/mol. The number of fused-ring (bicyclic) bond motifs is 1. The van der Waals surface area contributed by atoms with Crippen LogP contribution in [0.25, 0.3) is 11.0 Å². The fraction of sp³-hybridized carbons (Fsp3) is 0.385. The molecule has 8 nitrogen and oxygen atoms in total. The molecule has 2 rings (SSSR count). The normalized spacial score (nSPS) is 10.6. The quantitative estimate of drug-likeness (QED) is 0.716. The molecule has 0 saturated heterocycles. The summed E-state index contributed by atoms with van der Waals surface area (Å²) >= 11 is 0. The summed E-state index contributed by atoms with van der Waals surface area (Å²) in [6.45, 7) is 1.68. The van der Waals surface area contributed by atoms with Crippen molar-refractivity contribution < 1.29 is 14.3 Å². The number of hydrogen-bond donors (Lipinski definition) is 0. The van der Waals surface area contributed by atoms with Crippen molar-refractivity contribution in [2.75, 3.05) is 13.7 Å². The van der Waals surface area contributed by atoms with Crippen molar-refractivity contribution in [2.24, 2.45) is 7.05 Å². The van der Waals surface area contributed by atoms with E-state index in [-0.39, 0.29) is 11.0 Å². The van der Waals surface area contributed by atoms with Crippen LogP contribution in [0.4, 0.5) is 0 Å². The molecule has 0 N–H and O–H groups in total. The second-order valence-corrected chi connectivity index (χ2v) is 4.25. The van der Waals surface area contributed by atoms with Crippen molar-refractivity contribution in [3.8, 4) is 5.75 Å². The highest BCUT2D eigenvalue weighted by Gasteiger charge is 2.17. The highest BCUT2D eigenvalue weighted by Crippen LogP contribution is 2.18. The molecule has 0 bridgehead atoms. The zero-order chi connectivity index (χ0) is 15.6. The Bertz CT molecular complexity index is 806. The minimum absolute atomic E-state index is 0.158. The Morgan fingerprint density at radius 3 is 2.71 bits per heavy atom. The van der Waals surface area contributed by atoms with Gasteiger partial charge in [-0.2, -0.15) is 0 Å². The number of hydrogen-bond acceptors (Lipinski definition) is 6. The van der Waals surface area contributed by atoms with Gasteiger partial charge in [0.1, 0.15) is 17.7 Å². The third-order valence-corrected chi connectivity index (χ3v) is 3.00. The van der Waals surface area contributed by atoms with E-state index < -0.39 is 23.8 Å². The lowest BCUT2D eigenvalue weighted by atomic mass is 10.3. The van der Waals surface area contributed by atoms with E-state index in [1.54, 1.807) is 13.0 Å². The highest BCUT2D eigenvalue weighted by atomic mass is 16.5. The van der Waals surface area contributed by atoms with Crippen LogP contribution in [-0.2, 0) is 23.1 Å². The topological polar surface area (TPSA) is 92.4 Å². The highest BCUT2D eigenvalue weighted by molar-refractivity contribution is 5.81. The Balaban J connectivity index is 2.83. The summed E-state index contributed by atoms with van der Waals surface area (Å²) < 4.78 is 11.9. The first kappa shape index (κ1) is 14.8. The van der Waals surface area contributed by atoms with E-state index >= 15 is 0 Å². The van der Waals surface area contributed by atoms with Crippen LogP contribution < -0.4 is 16.0 Å². The predicted molar refractivity (Wildman–Crippen MR) is 74.4 cm³/mol. The van der Waals surface area contributed by atoms with Crippen molar-refractivity contribution in [1.82, 2.24) is 14.1 Å². The molecular formula is C13H15N3O5. The molecule has 0 spiro atoms. The molecular weight excluding hydrogens is 278 g/mol. The second kappa shape index (κ2) is 5.78. The van der Waals surface area contributed by atoms with Gasteiger partial charge in [0, 0.05) is 13.2 Å². The number of methoxy groups -OCH3 is 1. The third-order valence-electron chi connectivity index (χ3n) is 3.00. The molecule has 2 aromatic heterocycles. The Morgan fingerprint density at radius 1 is 1.38 bits per heavy atom. The Labute approximate surface area is 119 Å². The number of rotatable bonds is 4. The standard InChI is InChI=1S/C13H15N3O5/c1-4-21-8-5-6-14-11-10(8)12(18)16(7-9(17)20-3)13(19)15(11)2/h5-6H,4,7H2,1-3H3. The van der Waals surface area contributed by atoms with Gasteiger partial charge in [0.25, 0.3) is 5.56 Å². The molecule has 0 radical (unpaired) electrons. The van der Waals surface area contributed by atoms with Gasteiger partial charge in [-0.05, 0) is 13.0 Å². The number of nitrogens with zero attached hydrogens (tertiary/aromatic N) is 3. The molecule has 2 heterocycles. The molecule has 0 saturated carbocycles. The van der Waals surface area contributed by atoms with Gasteiger partial charge >= 0.3 is 11.7 Å². The maximum Gasteiger partial charge on any atom is 0.332 e. The lowest BCUT2D eigenvalue weighted by Gasteiger charge is -2.11. The smallest absolute Gasteiger partial charge is 0.332 e. The average molecular weight is 293 g/mol. The first-order valence-corrected chi connectivity index (χ1v) is 6.29. The lowest BCUT2D eigenvalue weighted by molar-refractivity contribution is -0.141. The number of aryl methyl sites for hydroxylation is 1. The Morgan fingerprint density at radius 2 is 2.10 bits per heavy atom. The fourth-order valence-corrected chi connectivity index (χ4v) is 1.99. The SMILES string of the molecule is CCOc1ccnc2c1c(=O)n(CC(=O)OC)c(=O)n2C. The molecule has 0 amide bonds. The van der Waals surface area contributed by atoms with E-state index in [0.717, 1.165) is 4.57 Å². The number of pyridine rings is 1. The second-order valence-electron chi connectivity index (χ2n) is 4.25. The third kappa shape index (κ3) is 2.51. The molecule has 0 aliphatic heterocycles. The fourth-order valence-electron chi connectivity index (χ4n) is 1.99. The van der Waals surface area contributed by atoms with Crippen LogP contribution in [0.1, 0.15) is 6.92 Å². The maximum absolute atomic E-state index is 12.5. The van der Waals surface area contributed by atoms with Gasteiger partial charge in [0.2, 0.25) is 0 Å². The van der Waals surface area contributed by atoms with E-state index in [1.807, 2.05) is 0 Å². The first-order chi connectivity index (χ1) is 10.0. The number of ether oxygens (including phenoxy) is 2. The van der Waals surface area contributed by atoms with E-state index in [4.69, 9.17) is 4.74 Å². The molecule has 21 heavy (non-hydrogen) atoms. The summed E-state index contributed by atoms with van der Waals surface area (Å²) in [5, 5.41) is 0.158. The minimum atomic E-state index is -0.685. The van der Waals surface area contributed by atoms with E-state index in [2.05, 4.69) is 9.72 Å². The molecule has 8 heteroatoms. The van der Waals surface area contributed by atoms with Crippen LogP contribution in [0.2, 0.25) is 0 Å². The van der Waals surface area contributed by atoms with Crippen molar-refractivity contribution in [1.29, 1.82) is 0 Å². The van der Waals surface area contributed by atoms with Gasteiger partial charge in [-0.15, -0.1) is 0 Å². The largest absolute Gasteiger partial charge is 0.493 e. The van der Waals surface area contributed by atoms with Gasteiger partial charge in [-0.3, -0.25) is 14.2 Å². The number of carbonyl (C=O) groups excluding carboxylic acids is 1. The van der Waals surface area contributed by atoms with Crippen LogP contribution in [0, 0.1) is 0 Å². The Kier molecular flexibility index (Phi) is 4.06. The van der Waals surface area contributed by atoms with Crippen molar-refractivity contribution in [3.63, 3.8) is 0 Å². The van der Waals surface area contributed by atoms with Gasteiger partial charge < -0.3 is 9.47 Å². The van der Waals surface area contributed by atoms with Crippen LogP contribution >= 0.6 is 0 Å².